The molecule has 0 unspecified atom stereocenters. The van der Waals surface area contributed by atoms with Gasteiger partial charge in [0, 0.05) is 0 Å². The van der Waals surface area contributed by atoms with E-state index in [1.54, 1.807) is 12.1 Å². The molecule has 5 nitrogen and oxygen atoms in total. The molecule has 0 radical (unpaired) electrons. The lowest BCUT2D eigenvalue weighted by atomic mass is 10.0. The minimum atomic E-state index is -0.691. The van der Waals surface area contributed by atoms with E-state index in [4.69, 9.17) is 5.84 Å². The molecule has 0 aliphatic carbocycles. The highest BCUT2D eigenvalue weighted by atomic mass is 16.3. The molecule has 0 aliphatic heterocycles. The zero-order chi connectivity index (χ0) is 12.8. The molecule has 0 saturated carbocycles. The van der Waals surface area contributed by atoms with E-state index >= 15 is 0 Å². The van der Waals surface area contributed by atoms with Crippen molar-refractivity contribution >= 4 is 12.3 Å². The maximum absolute atomic E-state index is 11.8. The number of amides is 2. The summed E-state index contributed by atoms with van der Waals surface area (Å²) >= 11 is 0. The summed E-state index contributed by atoms with van der Waals surface area (Å²) in [4.78, 5) is 22.2. The monoisotopic (exact) mass is 236 g/mol. The average molecular weight is 236 g/mol. The molecule has 92 valence electrons. The first-order valence-electron chi connectivity index (χ1n) is 5.46. The molecule has 17 heavy (non-hydrogen) atoms. The van der Waals surface area contributed by atoms with Gasteiger partial charge in [0.15, 0.2) is 0 Å². The first-order valence-corrected chi connectivity index (χ1v) is 5.46. The Balaban J connectivity index is 3.10. The number of benzene rings is 1. The van der Waals surface area contributed by atoms with Gasteiger partial charge in [-0.15, -0.1) is 0 Å². The van der Waals surface area contributed by atoms with Crippen LogP contribution in [0.5, 0.6) is 5.75 Å². The van der Waals surface area contributed by atoms with E-state index in [0.717, 1.165) is 12.8 Å². The van der Waals surface area contributed by atoms with E-state index in [-0.39, 0.29) is 17.7 Å². The van der Waals surface area contributed by atoms with Crippen LogP contribution in [0.2, 0.25) is 0 Å². The van der Waals surface area contributed by atoms with Crippen molar-refractivity contribution in [2.45, 2.75) is 26.2 Å². The van der Waals surface area contributed by atoms with Crippen molar-refractivity contribution in [3.8, 4) is 5.75 Å². The third kappa shape index (κ3) is 3.04. The van der Waals surface area contributed by atoms with Crippen LogP contribution in [0.3, 0.4) is 0 Å². The van der Waals surface area contributed by atoms with Crippen molar-refractivity contribution in [3.05, 3.63) is 29.3 Å². The van der Waals surface area contributed by atoms with E-state index in [9.17, 15) is 14.7 Å². The van der Waals surface area contributed by atoms with Gasteiger partial charge in [0.1, 0.15) is 5.75 Å². The van der Waals surface area contributed by atoms with Crippen LogP contribution >= 0.6 is 0 Å². The number of aryl methyl sites for hydroxylation is 1. The molecule has 0 spiro atoms. The summed E-state index contributed by atoms with van der Waals surface area (Å²) in [5.41, 5.74) is 0.810. The van der Waals surface area contributed by atoms with Crippen LogP contribution in [0.4, 0.5) is 0 Å². The van der Waals surface area contributed by atoms with Gasteiger partial charge in [-0.2, -0.15) is 0 Å². The normalized spacial score (nSPS) is 10.0. The average Bonchev–Trinajstić information content (AvgIpc) is 2.34. The SMILES string of the molecule is CCCCc1cccc(O)c1C(=O)N(N)C=O. The molecule has 0 heterocycles. The van der Waals surface area contributed by atoms with Crippen LogP contribution in [0.15, 0.2) is 18.2 Å². The van der Waals surface area contributed by atoms with Crippen LogP contribution < -0.4 is 5.84 Å². The molecule has 0 aromatic heterocycles. The summed E-state index contributed by atoms with van der Waals surface area (Å²) < 4.78 is 0. The lowest BCUT2D eigenvalue weighted by molar-refractivity contribution is -0.116. The number of aromatic hydroxyl groups is 1. The number of phenolic OH excluding ortho intramolecular Hbond substituents is 1. The van der Waals surface area contributed by atoms with Gasteiger partial charge in [-0.3, -0.25) is 9.59 Å². The molecule has 0 atom stereocenters. The zero-order valence-electron chi connectivity index (χ0n) is 9.72. The largest absolute Gasteiger partial charge is 0.507 e. The Bertz CT molecular complexity index is 418. The van der Waals surface area contributed by atoms with Gasteiger partial charge in [0.25, 0.3) is 5.91 Å². The Morgan fingerprint density at radius 3 is 2.82 bits per heavy atom. The third-order valence-corrected chi connectivity index (χ3v) is 2.49. The number of hydrogen-bond acceptors (Lipinski definition) is 4. The standard InChI is InChI=1S/C12H16N2O3/c1-2-3-5-9-6-4-7-10(16)11(9)12(17)14(13)8-15/h4,6-8,16H,2-3,5,13H2,1H3. The number of unbranched alkanes of at least 4 members (excludes halogenated alkanes) is 1. The van der Waals surface area contributed by atoms with Gasteiger partial charge in [0.05, 0.1) is 5.56 Å². The van der Waals surface area contributed by atoms with Crippen molar-refractivity contribution in [3.63, 3.8) is 0 Å². The number of phenols is 1. The van der Waals surface area contributed by atoms with Crippen LogP contribution in [0.25, 0.3) is 0 Å². The topological polar surface area (TPSA) is 83.6 Å². The number of nitrogens with zero attached hydrogens (tertiary/aromatic N) is 1. The van der Waals surface area contributed by atoms with E-state index in [2.05, 4.69) is 0 Å². The van der Waals surface area contributed by atoms with Gasteiger partial charge >= 0.3 is 0 Å². The summed E-state index contributed by atoms with van der Waals surface area (Å²) in [7, 11) is 0. The molecule has 2 amide bonds. The Kier molecular flexibility index (Phi) is 4.66. The highest BCUT2D eigenvalue weighted by Gasteiger charge is 2.19. The Labute approximate surface area is 99.8 Å². The highest BCUT2D eigenvalue weighted by Crippen LogP contribution is 2.23. The molecular formula is C12H16N2O3. The van der Waals surface area contributed by atoms with Crippen molar-refractivity contribution in [1.29, 1.82) is 0 Å². The van der Waals surface area contributed by atoms with Gasteiger partial charge in [0.2, 0.25) is 6.41 Å². The number of hydrogen-bond donors (Lipinski definition) is 2. The van der Waals surface area contributed by atoms with Crippen LogP contribution in [0.1, 0.15) is 35.7 Å². The smallest absolute Gasteiger partial charge is 0.278 e. The van der Waals surface area contributed by atoms with Gasteiger partial charge in [-0.25, -0.2) is 10.9 Å². The molecule has 0 aliphatic rings. The lowest BCUT2D eigenvalue weighted by Crippen LogP contribution is -2.36. The molecule has 0 saturated heterocycles. The number of rotatable bonds is 5. The van der Waals surface area contributed by atoms with E-state index in [0.29, 0.717) is 17.0 Å². The predicted octanol–water partition coefficient (Wildman–Crippen LogP) is 1.21. The van der Waals surface area contributed by atoms with Crippen molar-refractivity contribution in [2.24, 2.45) is 5.84 Å². The number of imide groups is 1. The second-order valence-electron chi connectivity index (χ2n) is 3.73. The molecule has 3 N–H and O–H groups in total. The molecule has 1 aromatic rings. The number of carbonyl (C=O) groups is 2. The minimum Gasteiger partial charge on any atom is -0.507 e. The van der Waals surface area contributed by atoms with Gasteiger partial charge < -0.3 is 5.11 Å². The number of carbonyl (C=O) groups excluding carboxylic acids is 2. The van der Waals surface area contributed by atoms with E-state index in [1.807, 2.05) is 6.92 Å². The quantitative estimate of drug-likeness (QED) is 0.348. The molecule has 1 aromatic carbocycles. The fourth-order valence-corrected chi connectivity index (χ4v) is 1.59. The predicted molar refractivity (Wildman–Crippen MR) is 63.1 cm³/mol. The summed E-state index contributed by atoms with van der Waals surface area (Å²) in [6, 6.07) is 4.82. The summed E-state index contributed by atoms with van der Waals surface area (Å²) in [6.07, 6.45) is 2.76. The first-order chi connectivity index (χ1) is 8.11. The van der Waals surface area contributed by atoms with Gasteiger partial charge in [-0.05, 0) is 24.5 Å². The Hall–Kier alpha value is -1.88. The molecular weight excluding hydrogens is 220 g/mol. The molecule has 0 bridgehead atoms. The summed E-state index contributed by atoms with van der Waals surface area (Å²) in [5.74, 6) is 4.38. The van der Waals surface area contributed by atoms with Crippen molar-refractivity contribution in [2.75, 3.05) is 0 Å². The maximum Gasteiger partial charge on any atom is 0.278 e. The van der Waals surface area contributed by atoms with Gasteiger partial charge in [-0.1, -0.05) is 25.5 Å². The fourth-order valence-electron chi connectivity index (χ4n) is 1.59. The van der Waals surface area contributed by atoms with Crippen molar-refractivity contribution < 1.29 is 14.7 Å². The summed E-state index contributed by atoms with van der Waals surface area (Å²) in [5, 5.41) is 10.1. The van der Waals surface area contributed by atoms with E-state index in [1.165, 1.54) is 6.07 Å². The third-order valence-electron chi connectivity index (χ3n) is 2.49. The molecule has 1 rings (SSSR count). The second kappa shape index (κ2) is 6.00. The number of hydrazine groups is 1. The maximum atomic E-state index is 11.8. The zero-order valence-corrected chi connectivity index (χ0v) is 9.72. The van der Waals surface area contributed by atoms with E-state index < -0.39 is 5.91 Å². The summed E-state index contributed by atoms with van der Waals surface area (Å²) in [6.45, 7) is 2.03. The Morgan fingerprint density at radius 2 is 2.24 bits per heavy atom. The minimum absolute atomic E-state index is 0.107. The fraction of sp³-hybridized carbons (Fsp3) is 0.333. The molecule has 5 heteroatoms. The Morgan fingerprint density at radius 1 is 1.53 bits per heavy atom. The van der Waals surface area contributed by atoms with Crippen LogP contribution in [0, 0.1) is 0 Å². The molecule has 0 fully saturated rings. The second-order valence-corrected chi connectivity index (χ2v) is 3.73. The van der Waals surface area contributed by atoms with Crippen LogP contribution in [-0.4, -0.2) is 22.4 Å². The highest BCUT2D eigenvalue weighted by molar-refractivity contribution is 6.02. The lowest BCUT2D eigenvalue weighted by Gasteiger charge is -2.13. The van der Waals surface area contributed by atoms with Crippen LogP contribution in [-0.2, 0) is 11.2 Å². The van der Waals surface area contributed by atoms with Crippen molar-refractivity contribution in [1.82, 2.24) is 5.01 Å². The first kappa shape index (κ1) is 13.2. The number of nitrogens with two attached hydrogens (primary N) is 1.